The zero-order valence-electron chi connectivity index (χ0n) is 5.60. The first-order valence-electron chi connectivity index (χ1n) is 3.05. The summed E-state index contributed by atoms with van der Waals surface area (Å²) < 4.78 is 0. The van der Waals surface area contributed by atoms with Crippen molar-refractivity contribution in [2.24, 2.45) is 0 Å². The first-order valence-corrected chi connectivity index (χ1v) is 5.23. The topological polar surface area (TPSA) is 0 Å². The lowest BCUT2D eigenvalue weighted by atomic mass is 10.3. The molecular weight excluding hydrogens is 232 g/mol. The molecule has 3 heteroatoms. The van der Waals surface area contributed by atoms with Crippen LogP contribution in [0.4, 0.5) is 0 Å². The van der Waals surface area contributed by atoms with Crippen molar-refractivity contribution in [2.45, 2.75) is 18.2 Å². The summed E-state index contributed by atoms with van der Waals surface area (Å²) >= 11 is 10.9. The van der Waals surface area contributed by atoms with Crippen molar-refractivity contribution in [3.05, 3.63) is 21.3 Å². The van der Waals surface area contributed by atoms with E-state index in [4.69, 9.17) is 11.6 Å². The van der Waals surface area contributed by atoms with Crippen LogP contribution in [0.25, 0.3) is 0 Å². The van der Waals surface area contributed by atoms with Crippen molar-refractivity contribution in [1.82, 2.24) is 0 Å². The Morgan fingerprint density at radius 1 is 1.80 bits per heavy atom. The first kappa shape index (κ1) is 8.57. The molecule has 1 aromatic rings. The molecule has 0 nitrogen and oxygen atoms in total. The molecule has 0 aliphatic heterocycles. The van der Waals surface area contributed by atoms with Gasteiger partial charge in [0.05, 0.1) is 5.02 Å². The van der Waals surface area contributed by atoms with Gasteiger partial charge in [-0.05, 0) is 12.5 Å². The molecule has 0 aliphatic rings. The molecule has 10 heavy (non-hydrogen) atoms. The van der Waals surface area contributed by atoms with E-state index >= 15 is 0 Å². The normalized spacial score (nSPS) is 13.5. The maximum atomic E-state index is 5.74. The molecule has 0 aromatic carbocycles. The maximum absolute atomic E-state index is 5.74. The minimum absolute atomic E-state index is 0.544. The third-order valence-corrected chi connectivity index (χ3v) is 2.73. The van der Waals surface area contributed by atoms with Gasteiger partial charge in [-0.2, -0.15) is 0 Å². The molecule has 1 atom stereocenters. The van der Waals surface area contributed by atoms with Crippen LogP contribution in [0.2, 0.25) is 5.02 Å². The van der Waals surface area contributed by atoms with Crippen LogP contribution < -0.4 is 0 Å². The highest BCUT2D eigenvalue weighted by Crippen LogP contribution is 2.21. The fraction of sp³-hybridized carbons (Fsp3) is 0.429. The largest absolute Gasteiger partial charge is 0.147 e. The number of hydrogen-bond donors (Lipinski definition) is 0. The SMILES string of the molecule is CC(Br)Cc1cc(Cl)cs1. The van der Waals surface area contributed by atoms with E-state index in [9.17, 15) is 0 Å². The lowest BCUT2D eigenvalue weighted by Crippen LogP contribution is -1.92. The van der Waals surface area contributed by atoms with Crippen LogP contribution in [-0.2, 0) is 6.42 Å². The van der Waals surface area contributed by atoms with Gasteiger partial charge in [0, 0.05) is 15.1 Å². The summed E-state index contributed by atoms with van der Waals surface area (Å²) in [6, 6.07) is 2.02. The lowest BCUT2D eigenvalue weighted by molar-refractivity contribution is 0.980. The molecule has 0 fully saturated rings. The van der Waals surface area contributed by atoms with Crippen molar-refractivity contribution in [2.75, 3.05) is 0 Å². The van der Waals surface area contributed by atoms with Gasteiger partial charge >= 0.3 is 0 Å². The minimum atomic E-state index is 0.544. The van der Waals surface area contributed by atoms with Crippen LogP contribution in [0.1, 0.15) is 11.8 Å². The summed E-state index contributed by atoms with van der Waals surface area (Å²) in [7, 11) is 0. The van der Waals surface area contributed by atoms with E-state index < -0.39 is 0 Å². The van der Waals surface area contributed by atoms with Gasteiger partial charge < -0.3 is 0 Å². The van der Waals surface area contributed by atoms with Crippen LogP contribution in [0.3, 0.4) is 0 Å². The van der Waals surface area contributed by atoms with E-state index in [1.807, 2.05) is 11.4 Å². The average Bonchev–Trinajstić information content (AvgIpc) is 2.13. The van der Waals surface area contributed by atoms with Gasteiger partial charge in [-0.1, -0.05) is 34.5 Å². The van der Waals surface area contributed by atoms with Crippen LogP contribution in [0.15, 0.2) is 11.4 Å². The Morgan fingerprint density at radius 3 is 2.90 bits per heavy atom. The van der Waals surface area contributed by atoms with E-state index in [0.717, 1.165) is 11.4 Å². The molecular formula is C7H8BrClS. The highest BCUT2D eigenvalue weighted by atomic mass is 79.9. The van der Waals surface area contributed by atoms with E-state index in [-0.39, 0.29) is 0 Å². The third kappa shape index (κ3) is 2.60. The zero-order valence-corrected chi connectivity index (χ0v) is 8.76. The van der Waals surface area contributed by atoms with Gasteiger partial charge in [-0.3, -0.25) is 0 Å². The lowest BCUT2D eigenvalue weighted by Gasteiger charge is -1.96. The highest BCUT2D eigenvalue weighted by molar-refractivity contribution is 9.09. The Morgan fingerprint density at radius 2 is 2.50 bits per heavy atom. The number of alkyl halides is 1. The van der Waals surface area contributed by atoms with Crippen molar-refractivity contribution in [3.8, 4) is 0 Å². The Bertz CT molecular complexity index is 207. The fourth-order valence-electron chi connectivity index (χ4n) is 0.738. The summed E-state index contributed by atoms with van der Waals surface area (Å²) in [6.07, 6.45) is 1.07. The van der Waals surface area contributed by atoms with Crippen molar-refractivity contribution in [1.29, 1.82) is 0 Å². The molecule has 56 valence electrons. The summed E-state index contributed by atoms with van der Waals surface area (Å²) in [4.78, 5) is 1.89. The summed E-state index contributed by atoms with van der Waals surface area (Å²) in [5, 5.41) is 2.82. The zero-order chi connectivity index (χ0) is 7.56. The van der Waals surface area contributed by atoms with Gasteiger partial charge in [0.25, 0.3) is 0 Å². The monoisotopic (exact) mass is 238 g/mol. The molecule has 1 heterocycles. The van der Waals surface area contributed by atoms with E-state index in [1.165, 1.54) is 4.88 Å². The van der Waals surface area contributed by atoms with Crippen LogP contribution in [0.5, 0.6) is 0 Å². The second-order valence-corrected chi connectivity index (χ2v) is 5.21. The molecule has 0 amide bonds. The summed E-state index contributed by atoms with van der Waals surface area (Å²) in [5.41, 5.74) is 0. The molecule has 0 saturated heterocycles. The van der Waals surface area contributed by atoms with Crippen molar-refractivity contribution >= 4 is 38.9 Å². The Labute approximate surface area is 78.3 Å². The molecule has 0 bridgehead atoms. The van der Waals surface area contributed by atoms with Crippen molar-refractivity contribution < 1.29 is 0 Å². The molecule has 0 aliphatic carbocycles. The Hall–Kier alpha value is 0.470. The minimum Gasteiger partial charge on any atom is -0.147 e. The van der Waals surface area contributed by atoms with Gasteiger partial charge in [-0.15, -0.1) is 11.3 Å². The maximum Gasteiger partial charge on any atom is 0.0515 e. The molecule has 0 saturated carbocycles. The van der Waals surface area contributed by atoms with Gasteiger partial charge in [0.1, 0.15) is 0 Å². The number of thiophene rings is 1. The average molecular weight is 240 g/mol. The van der Waals surface area contributed by atoms with E-state index in [1.54, 1.807) is 11.3 Å². The predicted octanol–water partition coefficient (Wildman–Crippen LogP) is 3.73. The smallest absolute Gasteiger partial charge is 0.0515 e. The number of halogens is 2. The van der Waals surface area contributed by atoms with Crippen LogP contribution >= 0.6 is 38.9 Å². The van der Waals surface area contributed by atoms with Gasteiger partial charge in [0.2, 0.25) is 0 Å². The highest BCUT2D eigenvalue weighted by Gasteiger charge is 2.00. The van der Waals surface area contributed by atoms with Gasteiger partial charge in [-0.25, -0.2) is 0 Å². The Kier molecular flexibility index (Phi) is 3.21. The molecule has 1 aromatic heterocycles. The standard InChI is InChI=1S/C7H8BrClS/c1-5(8)2-7-3-6(9)4-10-7/h3-5H,2H2,1H3. The second kappa shape index (κ2) is 3.74. The Balaban J connectivity index is 2.58. The van der Waals surface area contributed by atoms with Crippen LogP contribution in [-0.4, -0.2) is 4.83 Å². The third-order valence-electron chi connectivity index (χ3n) is 1.10. The van der Waals surface area contributed by atoms with E-state index in [0.29, 0.717) is 4.83 Å². The van der Waals surface area contributed by atoms with E-state index in [2.05, 4.69) is 22.9 Å². The first-order chi connectivity index (χ1) is 4.68. The number of hydrogen-bond acceptors (Lipinski definition) is 1. The number of rotatable bonds is 2. The second-order valence-electron chi connectivity index (χ2n) is 2.22. The van der Waals surface area contributed by atoms with Gasteiger partial charge in [0.15, 0.2) is 0 Å². The predicted molar refractivity (Wildman–Crippen MR) is 51.4 cm³/mol. The molecule has 1 unspecified atom stereocenters. The van der Waals surface area contributed by atoms with Crippen LogP contribution in [0, 0.1) is 0 Å². The van der Waals surface area contributed by atoms with Crippen molar-refractivity contribution in [3.63, 3.8) is 0 Å². The molecule has 0 spiro atoms. The molecule has 1 rings (SSSR count). The quantitative estimate of drug-likeness (QED) is 0.690. The molecule has 0 radical (unpaired) electrons. The summed E-state index contributed by atoms with van der Waals surface area (Å²) in [5.74, 6) is 0. The summed E-state index contributed by atoms with van der Waals surface area (Å²) in [6.45, 7) is 2.13. The molecule has 0 N–H and O–H groups in total. The fourth-order valence-corrected chi connectivity index (χ4v) is 2.50.